The number of benzene rings is 1. The number of hydrogen-bond donors (Lipinski definition) is 2. The van der Waals surface area contributed by atoms with E-state index < -0.39 is 12.0 Å². The molecule has 0 unspecified atom stereocenters. The summed E-state index contributed by atoms with van der Waals surface area (Å²) >= 11 is 0. The molecule has 7 heteroatoms. The Hall–Kier alpha value is -2.93. The maximum absolute atomic E-state index is 13.0. The molecule has 0 fully saturated rings. The van der Waals surface area contributed by atoms with Gasteiger partial charge in [-0.1, -0.05) is 17.7 Å². The molecule has 0 radical (unpaired) electrons. The first-order chi connectivity index (χ1) is 13.6. The normalized spacial score (nSPS) is 12.0. The molecule has 0 aliphatic carbocycles. The van der Waals surface area contributed by atoms with Crippen molar-refractivity contribution in [2.75, 3.05) is 25.5 Å². The fraction of sp³-hybridized carbons (Fsp3) is 0.409. The number of aryl methyl sites for hydroxylation is 2. The predicted molar refractivity (Wildman–Crippen MR) is 112 cm³/mol. The number of carbonyl (C=O) groups excluding carboxylic acids is 3. The number of esters is 1. The predicted octanol–water partition coefficient (Wildman–Crippen LogP) is 3.26. The van der Waals surface area contributed by atoms with E-state index in [9.17, 15) is 14.4 Å². The van der Waals surface area contributed by atoms with Crippen LogP contribution in [0.25, 0.3) is 0 Å². The first kappa shape index (κ1) is 22.4. The summed E-state index contributed by atoms with van der Waals surface area (Å²) in [7, 11) is 1.72. The van der Waals surface area contributed by atoms with Crippen LogP contribution < -0.4 is 5.32 Å². The van der Waals surface area contributed by atoms with Crippen LogP contribution in [-0.2, 0) is 9.53 Å². The van der Waals surface area contributed by atoms with E-state index in [2.05, 4.69) is 10.3 Å². The second-order valence-corrected chi connectivity index (χ2v) is 7.22. The van der Waals surface area contributed by atoms with Crippen LogP contribution in [0.4, 0.5) is 5.69 Å². The number of rotatable bonds is 8. The van der Waals surface area contributed by atoms with Gasteiger partial charge in [0.2, 0.25) is 5.91 Å². The summed E-state index contributed by atoms with van der Waals surface area (Å²) in [6.07, 6.45) is 0. The van der Waals surface area contributed by atoms with Crippen LogP contribution in [0.1, 0.15) is 51.5 Å². The number of nitrogens with one attached hydrogen (secondary N) is 2. The van der Waals surface area contributed by atoms with Crippen molar-refractivity contribution in [1.29, 1.82) is 0 Å². The van der Waals surface area contributed by atoms with Gasteiger partial charge in [-0.15, -0.1) is 0 Å². The van der Waals surface area contributed by atoms with E-state index >= 15 is 0 Å². The van der Waals surface area contributed by atoms with Gasteiger partial charge in [0, 0.05) is 11.4 Å². The third-order valence-corrected chi connectivity index (χ3v) is 4.93. The number of aromatic amines is 1. The van der Waals surface area contributed by atoms with Gasteiger partial charge in [-0.05, 0) is 59.4 Å². The Morgan fingerprint density at radius 3 is 2.34 bits per heavy atom. The Morgan fingerprint density at radius 2 is 1.76 bits per heavy atom. The first-order valence-electron chi connectivity index (χ1n) is 9.62. The van der Waals surface area contributed by atoms with Crippen LogP contribution in [-0.4, -0.2) is 53.8 Å². The van der Waals surface area contributed by atoms with Crippen LogP contribution in [0.2, 0.25) is 0 Å². The van der Waals surface area contributed by atoms with Gasteiger partial charge in [0.25, 0.3) is 0 Å². The number of nitrogens with zero attached hydrogens (tertiary/aromatic N) is 1. The minimum atomic E-state index is -0.550. The Balaban J connectivity index is 2.07. The van der Waals surface area contributed by atoms with Gasteiger partial charge >= 0.3 is 5.97 Å². The van der Waals surface area contributed by atoms with Gasteiger partial charge in [-0.25, -0.2) is 4.79 Å². The van der Waals surface area contributed by atoms with E-state index in [0.717, 1.165) is 5.56 Å². The topological polar surface area (TPSA) is 91.5 Å². The molecule has 2 N–H and O–H groups in total. The zero-order chi connectivity index (χ0) is 21.7. The number of hydrogen-bond acceptors (Lipinski definition) is 5. The van der Waals surface area contributed by atoms with Crippen molar-refractivity contribution in [2.45, 2.75) is 40.7 Å². The molecule has 1 amide bonds. The molecule has 0 aliphatic heterocycles. The maximum atomic E-state index is 13.0. The van der Waals surface area contributed by atoms with Crippen molar-refractivity contribution >= 4 is 23.3 Å². The fourth-order valence-electron chi connectivity index (χ4n) is 3.12. The molecule has 1 heterocycles. The molecule has 0 aliphatic rings. The second-order valence-electron chi connectivity index (χ2n) is 7.22. The van der Waals surface area contributed by atoms with Crippen molar-refractivity contribution < 1.29 is 19.1 Å². The van der Waals surface area contributed by atoms with Crippen LogP contribution in [0.5, 0.6) is 0 Å². The quantitative estimate of drug-likeness (QED) is 0.525. The molecule has 7 nitrogen and oxygen atoms in total. The van der Waals surface area contributed by atoms with Crippen LogP contribution in [0.3, 0.4) is 0 Å². The highest BCUT2D eigenvalue weighted by atomic mass is 16.5. The van der Waals surface area contributed by atoms with Crippen LogP contribution in [0, 0.1) is 20.8 Å². The molecule has 1 atom stereocenters. The average molecular weight is 399 g/mol. The molecule has 0 saturated carbocycles. The lowest BCUT2D eigenvalue weighted by Gasteiger charge is -2.23. The lowest BCUT2D eigenvalue weighted by Crippen LogP contribution is -2.41. The molecule has 2 rings (SSSR count). The highest BCUT2D eigenvalue weighted by Gasteiger charge is 2.28. The first-order valence-corrected chi connectivity index (χ1v) is 9.62. The summed E-state index contributed by atoms with van der Waals surface area (Å²) in [4.78, 5) is 42.1. The molecule has 2 aromatic rings. The molecule has 29 heavy (non-hydrogen) atoms. The Labute approximate surface area is 171 Å². The van der Waals surface area contributed by atoms with E-state index in [1.54, 1.807) is 39.6 Å². The number of ether oxygens (including phenoxy) is 1. The lowest BCUT2D eigenvalue weighted by molar-refractivity contribution is -0.117. The Bertz CT molecular complexity index is 900. The van der Waals surface area contributed by atoms with Crippen LogP contribution >= 0.6 is 0 Å². The fourth-order valence-corrected chi connectivity index (χ4v) is 3.12. The Kier molecular flexibility index (Phi) is 7.34. The van der Waals surface area contributed by atoms with E-state index in [0.29, 0.717) is 28.2 Å². The zero-order valence-corrected chi connectivity index (χ0v) is 17.9. The van der Waals surface area contributed by atoms with Crippen molar-refractivity contribution in [3.63, 3.8) is 0 Å². The number of amides is 1. The number of likely N-dealkylation sites (N-methyl/N-ethyl adjacent to an activating group) is 1. The van der Waals surface area contributed by atoms with Gasteiger partial charge in [0.1, 0.15) is 0 Å². The minimum absolute atomic E-state index is 0.0598. The Morgan fingerprint density at radius 1 is 1.14 bits per heavy atom. The molecule has 0 saturated heterocycles. The molecule has 0 spiro atoms. The summed E-state index contributed by atoms with van der Waals surface area (Å²) in [5, 5.41) is 2.83. The standard InChI is InChI=1S/C22H29N3O4/c1-7-29-22(28)19-14(3)20(23-15(19)4)21(27)16(5)25(6)12-18(26)24-17-10-8-13(2)9-11-17/h8-11,16,23H,7,12H2,1-6H3,(H,24,26)/t16-/m0/s1. The molecule has 1 aromatic carbocycles. The molecule has 1 aromatic heterocycles. The molecule has 156 valence electrons. The van der Waals surface area contributed by atoms with E-state index in [1.165, 1.54) is 0 Å². The van der Waals surface area contributed by atoms with Crippen LogP contribution in [0.15, 0.2) is 24.3 Å². The summed E-state index contributed by atoms with van der Waals surface area (Å²) in [5.41, 5.74) is 3.73. The third-order valence-electron chi connectivity index (χ3n) is 4.93. The zero-order valence-electron chi connectivity index (χ0n) is 17.9. The highest BCUT2D eigenvalue weighted by molar-refractivity contribution is 6.04. The van der Waals surface area contributed by atoms with Gasteiger partial charge in [-0.3, -0.25) is 14.5 Å². The lowest BCUT2D eigenvalue weighted by atomic mass is 10.0. The summed E-state index contributed by atoms with van der Waals surface area (Å²) in [6.45, 7) is 9.23. The number of carbonyl (C=O) groups is 3. The van der Waals surface area contributed by atoms with Crippen molar-refractivity contribution in [3.05, 3.63) is 52.3 Å². The molecule has 0 bridgehead atoms. The highest BCUT2D eigenvalue weighted by Crippen LogP contribution is 2.21. The SMILES string of the molecule is CCOC(=O)c1c(C)[nH]c(C(=O)[C@H](C)N(C)CC(=O)Nc2ccc(C)cc2)c1C. The largest absolute Gasteiger partial charge is 0.462 e. The van der Waals surface area contributed by atoms with Crippen molar-refractivity contribution in [2.24, 2.45) is 0 Å². The number of H-pyrrole nitrogens is 1. The van der Waals surface area contributed by atoms with Gasteiger partial charge < -0.3 is 15.0 Å². The monoisotopic (exact) mass is 399 g/mol. The molecular formula is C22H29N3O4. The summed E-state index contributed by atoms with van der Waals surface area (Å²) < 4.78 is 5.07. The minimum Gasteiger partial charge on any atom is -0.462 e. The second kappa shape index (κ2) is 9.52. The van der Waals surface area contributed by atoms with E-state index in [1.807, 2.05) is 31.2 Å². The molecular weight excluding hydrogens is 370 g/mol. The number of anilines is 1. The summed E-state index contributed by atoms with van der Waals surface area (Å²) in [6, 6.07) is 6.96. The van der Waals surface area contributed by atoms with E-state index in [4.69, 9.17) is 4.74 Å². The van der Waals surface area contributed by atoms with Gasteiger partial charge in [0.15, 0.2) is 5.78 Å². The van der Waals surface area contributed by atoms with Gasteiger partial charge in [0.05, 0.1) is 30.5 Å². The average Bonchev–Trinajstić information content (AvgIpc) is 2.96. The maximum Gasteiger partial charge on any atom is 0.340 e. The van der Waals surface area contributed by atoms with E-state index in [-0.39, 0.29) is 24.8 Å². The number of aromatic nitrogens is 1. The van der Waals surface area contributed by atoms with Crippen molar-refractivity contribution in [3.8, 4) is 0 Å². The van der Waals surface area contributed by atoms with Gasteiger partial charge in [-0.2, -0.15) is 0 Å². The number of Topliss-reactive ketones (excluding diaryl/α,β-unsaturated/α-hetero) is 1. The summed E-state index contributed by atoms with van der Waals surface area (Å²) in [5.74, 6) is -0.842. The number of ketones is 1. The third kappa shape index (κ3) is 5.32. The smallest absolute Gasteiger partial charge is 0.340 e. The van der Waals surface area contributed by atoms with Crippen molar-refractivity contribution in [1.82, 2.24) is 9.88 Å².